The van der Waals surface area contributed by atoms with Crippen molar-refractivity contribution in [3.63, 3.8) is 0 Å². The van der Waals surface area contributed by atoms with Crippen molar-refractivity contribution in [1.82, 2.24) is 29.9 Å². The third-order valence-electron chi connectivity index (χ3n) is 22.8. The Balaban J connectivity index is 0.564. The molecule has 0 saturated carbocycles. The maximum absolute atomic E-state index is 6.74. The Morgan fingerprint density at radius 2 is 0.446 bits per heavy atom. The number of furan rings is 2. The second-order valence-electron chi connectivity index (χ2n) is 29.1. The third kappa shape index (κ3) is 9.92. The van der Waals surface area contributed by atoms with E-state index in [1.807, 2.05) is 42.5 Å². The van der Waals surface area contributed by atoms with Crippen LogP contribution in [-0.2, 0) is 0 Å². The predicted octanol–water partition coefficient (Wildman–Crippen LogP) is 28.5. The molecule has 0 N–H and O–H groups in total. The fraction of sp³-hybridized carbons (Fsp3) is 0. The summed E-state index contributed by atoms with van der Waals surface area (Å²) < 4.78 is 18.2. The highest BCUT2D eigenvalue weighted by molar-refractivity contribution is 7.26. The van der Waals surface area contributed by atoms with Crippen LogP contribution in [0.25, 0.3) is 251 Å². The average molecular weight is 1460 g/mol. The molecule has 0 spiro atoms. The summed E-state index contributed by atoms with van der Waals surface area (Å²) in [5.41, 5.74) is 15.1. The Morgan fingerprint density at radius 3 is 0.875 bits per heavy atom. The van der Waals surface area contributed by atoms with Crippen LogP contribution in [0.1, 0.15) is 0 Å². The van der Waals surface area contributed by atoms with Crippen molar-refractivity contribution in [2.75, 3.05) is 0 Å². The van der Waals surface area contributed by atoms with Crippen molar-refractivity contribution in [3.8, 4) is 102 Å². The van der Waals surface area contributed by atoms with Crippen LogP contribution in [-0.4, -0.2) is 29.9 Å². The molecule has 0 fully saturated rings. The summed E-state index contributed by atoms with van der Waals surface area (Å²) >= 11 is 3.58. The predicted molar refractivity (Wildman–Crippen MR) is 468 cm³/mol. The highest BCUT2D eigenvalue weighted by atomic mass is 32.1. The van der Waals surface area contributed by atoms with Gasteiger partial charge in [0.1, 0.15) is 22.3 Å². The molecule has 518 valence electrons. The summed E-state index contributed by atoms with van der Waals surface area (Å²) in [4.78, 5) is 31.8. The van der Waals surface area contributed by atoms with Crippen molar-refractivity contribution in [1.29, 1.82) is 0 Å². The fourth-order valence-electron chi connectivity index (χ4n) is 17.4. The molecule has 112 heavy (non-hydrogen) atoms. The molecule has 6 aromatic heterocycles. The number of nitrogens with zero attached hydrogens (tertiary/aromatic N) is 6. The molecule has 10 heteroatoms. The monoisotopic (exact) mass is 1460 g/mol. The largest absolute Gasteiger partial charge is 0.456 e. The van der Waals surface area contributed by atoms with Gasteiger partial charge in [-0.1, -0.05) is 237 Å². The van der Waals surface area contributed by atoms with E-state index in [9.17, 15) is 0 Å². The quantitative estimate of drug-likeness (QED) is 0.132. The second kappa shape index (κ2) is 24.5. The zero-order valence-corrected chi connectivity index (χ0v) is 61.3. The van der Waals surface area contributed by atoms with E-state index in [0.717, 1.165) is 131 Å². The maximum Gasteiger partial charge on any atom is 0.164 e. The number of thiophene rings is 2. The van der Waals surface area contributed by atoms with Crippen LogP contribution in [0.15, 0.2) is 349 Å². The Hall–Kier alpha value is -14.4. The van der Waals surface area contributed by atoms with Crippen LogP contribution in [0.3, 0.4) is 0 Å². The maximum atomic E-state index is 6.74. The molecular weight excluding hydrogens is 1410 g/mol. The van der Waals surface area contributed by atoms with E-state index in [1.54, 1.807) is 22.7 Å². The topological polar surface area (TPSA) is 104 Å². The molecule has 0 saturated heterocycles. The summed E-state index contributed by atoms with van der Waals surface area (Å²) in [7, 11) is 0. The van der Waals surface area contributed by atoms with Gasteiger partial charge in [0.15, 0.2) is 34.9 Å². The van der Waals surface area contributed by atoms with Gasteiger partial charge in [-0.05, 0) is 201 Å². The molecule has 0 bridgehead atoms. The molecular formula is C102H56N6O2S2. The minimum Gasteiger partial charge on any atom is -0.456 e. The number of rotatable bonds is 9. The normalized spacial score (nSPS) is 12.1. The first-order chi connectivity index (χ1) is 55.4. The van der Waals surface area contributed by atoms with Crippen LogP contribution >= 0.6 is 22.7 Å². The van der Waals surface area contributed by atoms with Crippen molar-refractivity contribution in [3.05, 3.63) is 340 Å². The van der Waals surface area contributed by atoms with E-state index < -0.39 is 0 Å². The number of fused-ring (bicyclic) bond motifs is 24. The van der Waals surface area contributed by atoms with Gasteiger partial charge in [0.05, 0.1) is 0 Å². The van der Waals surface area contributed by atoms with Crippen molar-refractivity contribution < 1.29 is 8.83 Å². The van der Waals surface area contributed by atoms with Gasteiger partial charge >= 0.3 is 0 Å². The molecule has 0 aliphatic rings. The van der Waals surface area contributed by atoms with Crippen LogP contribution < -0.4 is 0 Å². The molecule has 24 rings (SSSR count). The highest BCUT2D eigenvalue weighted by Gasteiger charge is 2.24. The molecule has 0 aliphatic carbocycles. The molecule has 6 heterocycles. The van der Waals surface area contributed by atoms with E-state index >= 15 is 0 Å². The lowest BCUT2D eigenvalue weighted by atomic mass is 9.92. The van der Waals surface area contributed by atoms with Gasteiger partial charge in [-0.15, -0.1) is 22.7 Å². The smallest absolute Gasteiger partial charge is 0.164 e. The average Bonchev–Trinajstić information content (AvgIpc) is 1.63. The molecule has 0 amide bonds. The number of hydrogen-bond donors (Lipinski definition) is 0. The summed E-state index contributed by atoms with van der Waals surface area (Å²) in [6.45, 7) is 0. The SMILES string of the molecule is c1ccc(-c2nc(-c3ccc4c(c3)oc3ccc(-c5ccc6c(c5)oc5ccc(-c7nc(-c8ccccc8)nc(-c8cccc9sc%10ccc(-c%11ccc%12c%13ccccc%13c%13ccccc%13c%12c%11)cc%10c89)n7)cc56)cc34)nc(-c3cccc4sc5ccc(-c6ccc7c8ccccc8c8ccccc8c7c6)cc5c34)n2)cc1. The van der Waals surface area contributed by atoms with E-state index in [2.05, 4.69) is 297 Å². The molecule has 0 unspecified atom stereocenters. The first-order valence-electron chi connectivity index (χ1n) is 37.6. The van der Waals surface area contributed by atoms with E-state index in [4.69, 9.17) is 38.7 Å². The molecule has 0 atom stereocenters. The summed E-state index contributed by atoms with van der Waals surface area (Å²) in [6, 6.07) is 121. The van der Waals surface area contributed by atoms with E-state index in [0.29, 0.717) is 34.9 Å². The Bertz CT molecular complexity index is 8090. The van der Waals surface area contributed by atoms with Crippen molar-refractivity contribution in [2.24, 2.45) is 0 Å². The minimum absolute atomic E-state index is 0.553. The van der Waals surface area contributed by atoms with Crippen molar-refractivity contribution >= 4 is 172 Å². The lowest BCUT2D eigenvalue weighted by Crippen LogP contribution is -2.00. The molecule has 18 aromatic carbocycles. The zero-order chi connectivity index (χ0) is 73.2. The first-order valence-corrected chi connectivity index (χ1v) is 39.2. The van der Waals surface area contributed by atoms with Gasteiger partial charge in [-0.25, -0.2) is 29.9 Å². The van der Waals surface area contributed by atoms with Gasteiger partial charge in [0, 0.05) is 95.3 Å². The molecule has 8 nitrogen and oxygen atoms in total. The number of aromatic nitrogens is 6. The van der Waals surface area contributed by atoms with Gasteiger partial charge in [0.2, 0.25) is 0 Å². The van der Waals surface area contributed by atoms with Gasteiger partial charge in [-0.3, -0.25) is 0 Å². The lowest BCUT2D eigenvalue weighted by Gasteiger charge is -2.12. The van der Waals surface area contributed by atoms with Gasteiger partial charge in [-0.2, -0.15) is 0 Å². The van der Waals surface area contributed by atoms with Gasteiger partial charge in [0.25, 0.3) is 0 Å². The molecule has 24 aromatic rings. The molecule has 0 radical (unpaired) electrons. The Morgan fingerprint density at radius 1 is 0.161 bits per heavy atom. The highest BCUT2D eigenvalue weighted by Crippen LogP contribution is 2.48. The van der Waals surface area contributed by atoms with Crippen LogP contribution in [0.2, 0.25) is 0 Å². The standard InChI is InChI=1S/C102H56N6O2S2/c1-3-17-57(18-4-1)97-103-99(107-101(105-97)79-29-15-31-93-95(79)85-52-62(39-47-91(85)111-93)59-33-41-75-71-25-9-7-21-67(71)69-23-11-13-27-73(69)81(75)49-59)65-38-46-88-84(54-65)77-43-35-64(55-89(77)109-88)61-37-45-87-83(51-61)78-44-36-66(56-90(78)110-87)100-104-98(58-19-5-2-6-20-58)106-102(108-100)80-30-16-32-94-96(80)86-53-63(40-48-92(86)112-94)60-34-42-76-72-26-10-8-22-68(72)70-24-12-14-28-74(70)82(76)50-60/h1-56H. The second-order valence-corrected chi connectivity index (χ2v) is 31.2. The van der Waals surface area contributed by atoms with E-state index in [1.165, 1.54) is 84.3 Å². The summed E-state index contributed by atoms with van der Waals surface area (Å²) in [5, 5.41) is 23.6. The minimum atomic E-state index is 0.553. The first kappa shape index (κ1) is 62.6. The third-order valence-corrected chi connectivity index (χ3v) is 25.0. The Labute approximate surface area is 647 Å². The van der Waals surface area contributed by atoms with Crippen LogP contribution in [0, 0.1) is 0 Å². The zero-order valence-electron chi connectivity index (χ0n) is 59.6. The lowest BCUT2D eigenvalue weighted by molar-refractivity contribution is 0.669. The van der Waals surface area contributed by atoms with Crippen LogP contribution in [0.5, 0.6) is 0 Å². The number of hydrogen-bond acceptors (Lipinski definition) is 10. The summed E-state index contributed by atoms with van der Waals surface area (Å²) in [6.07, 6.45) is 0. The van der Waals surface area contributed by atoms with Gasteiger partial charge < -0.3 is 8.83 Å². The fourth-order valence-corrected chi connectivity index (χ4v) is 19.7. The van der Waals surface area contributed by atoms with Crippen LogP contribution in [0.4, 0.5) is 0 Å². The number of benzene rings is 18. The Kier molecular flexibility index (Phi) is 13.7. The van der Waals surface area contributed by atoms with E-state index in [-0.39, 0.29) is 0 Å². The molecule has 0 aliphatic heterocycles. The summed E-state index contributed by atoms with van der Waals surface area (Å²) in [5.74, 6) is 3.52. The van der Waals surface area contributed by atoms with Crippen molar-refractivity contribution in [2.45, 2.75) is 0 Å².